The van der Waals surface area contributed by atoms with Crippen molar-refractivity contribution in [2.75, 3.05) is 11.5 Å². The summed E-state index contributed by atoms with van der Waals surface area (Å²) in [5.41, 5.74) is 11.5. The van der Waals surface area contributed by atoms with E-state index in [2.05, 4.69) is 15.0 Å². The van der Waals surface area contributed by atoms with E-state index in [-0.39, 0.29) is 17.2 Å². The molecule has 0 saturated carbocycles. The maximum Gasteiger partial charge on any atom is 0.451 e. The number of anilines is 2. The highest BCUT2D eigenvalue weighted by molar-refractivity contribution is 5.73. The van der Waals surface area contributed by atoms with Crippen LogP contribution in [0.5, 0.6) is 0 Å². The first-order valence-corrected chi connectivity index (χ1v) is 4.79. The molecule has 0 unspecified atom stereocenters. The lowest BCUT2D eigenvalue weighted by Gasteiger charge is -2.09. The summed E-state index contributed by atoms with van der Waals surface area (Å²) < 4.78 is 37.6. The third-order valence-electron chi connectivity index (χ3n) is 2.13. The molecule has 94 valence electrons. The first-order chi connectivity index (χ1) is 8.38. The molecule has 18 heavy (non-hydrogen) atoms. The van der Waals surface area contributed by atoms with E-state index in [0.717, 1.165) is 0 Å². The summed E-state index contributed by atoms with van der Waals surface area (Å²) in [6.45, 7) is 0. The van der Waals surface area contributed by atoms with Gasteiger partial charge in [-0.2, -0.15) is 13.2 Å². The quantitative estimate of drug-likeness (QED) is 0.809. The molecule has 0 bridgehead atoms. The van der Waals surface area contributed by atoms with Crippen molar-refractivity contribution >= 4 is 11.5 Å². The van der Waals surface area contributed by atoms with E-state index in [4.69, 9.17) is 11.5 Å². The number of pyridine rings is 1. The smallest absolute Gasteiger partial charge is 0.397 e. The van der Waals surface area contributed by atoms with E-state index < -0.39 is 12.0 Å². The van der Waals surface area contributed by atoms with Gasteiger partial charge in [0.05, 0.1) is 17.6 Å². The van der Waals surface area contributed by atoms with Crippen LogP contribution in [0.2, 0.25) is 0 Å². The Morgan fingerprint density at radius 3 is 2.44 bits per heavy atom. The molecule has 0 fully saturated rings. The third kappa shape index (κ3) is 2.31. The van der Waals surface area contributed by atoms with Crippen LogP contribution >= 0.6 is 0 Å². The zero-order valence-electron chi connectivity index (χ0n) is 8.94. The molecule has 0 aliphatic heterocycles. The van der Waals surface area contributed by atoms with E-state index in [1.807, 2.05) is 0 Å². The fourth-order valence-electron chi connectivity index (χ4n) is 1.37. The molecule has 2 aromatic heterocycles. The van der Waals surface area contributed by atoms with Gasteiger partial charge >= 0.3 is 6.18 Å². The van der Waals surface area contributed by atoms with Crippen LogP contribution in [0.15, 0.2) is 24.5 Å². The van der Waals surface area contributed by atoms with Crippen LogP contribution in [0.4, 0.5) is 24.7 Å². The molecule has 0 saturated heterocycles. The molecule has 8 heteroatoms. The van der Waals surface area contributed by atoms with Crippen LogP contribution in [-0.2, 0) is 6.18 Å². The normalized spacial score (nSPS) is 11.5. The van der Waals surface area contributed by atoms with Crippen molar-refractivity contribution in [1.29, 1.82) is 0 Å². The van der Waals surface area contributed by atoms with Gasteiger partial charge in [0, 0.05) is 17.8 Å². The Bertz CT molecular complexity index is 582. The van der Waals surface area contributed by atoms with E-state index in [9.17, 15) is 13.2 Å². The van der Waals surface area contributed by atoms with Gasteiger partial charge < -0.3 is 11.5 Å². The van der Waals surface area contributed by atoms with Crippen LogP contribution in [0.1, 0.15) is 5.82 Å². The van der Waals surface area contributed by atoms with Crippen molar-refractivity contribution in [3.05, 3.63) is 30.4 Å². The number of aromatic nitrogens is 3. The summed E-state index contributed by atoms with van der Waals surface area (Å²) in [5, 5.41) is 0. The second kappa shape index (κ2) is 4.13. The molecule has 4 N–H and O–H groups in total. The second-order valence-corrected chi connectivity index (χ2v) is 3.46. The topological polar surface area (TPSA) is 90.7 Å². The number of alkyl halides is 3. The number of halogens is 3. The highest BCUT2D eigenvalue weighted by atomic mass is 19.4. The minimum Gasteiger partial charge on any atom is -0.397 e. The minimum atomic E-state index is -4.66. The summed E-state index contributed by atoms with van der Waals surface area (Å²) in [6.07, 6.45) is -1.94. The number of rotatable bonds is 1. The minimum absolute atomic E-state index is 0.00900. The van der Waals surface area contributed by atoms with Crippen LogP contribution in [-0.4, -0.2) is 15.0 Å². The average Bonchev–Trinajstić information content (AvgIpc) is 2.27. The van der Waals surface area contributed by atoms with Crippen LogP contribution in [0, 0.1) is 0 Å². The zero-order chi connectivity index (χ0) is 13.3. The molecule has 2 aromatic rings. The van der Waals surface area contributed by atoms with Crippen molar-refractivity contribution < 1.29 is 13.2 Å². The van der Waals surface area contributed by atoms with Crippen molar-refractivity contribution in [2.24, 2.45) is 0 Å². The van der Waals surface area contributed by atoms with Gasteiger partial charge in [0.2, 0.25) is 5.82 Å². The SMILES string of the molecule is Nc1cc(-c2ccncc2N)nc(C(F)(F)F)n1. The largest absolute Gasteiger partial charge is 0.451 e. The molecule has 0 radical (unpaired) electrons. The lowest BCUT2D eigenvalue weighted by molar-refractivity contribution is -0.144. The van der Waals surface area contributed by atoms with E-state index in [0.29, 0.717) is 5.56 Å². The predicted molar refractivity (Wildman–Crippen MR) is 59.1 cm³/mol. The number of hydrogen-bond acceptors (Lipinski definition) is 5. The standard InChI is InChI=1S/C10H8F3N5/c11-10(12,13)9-17-7(3-8(15)18-9)5-1-2-16-4-6(5)14/h1-4H,14H2,(H2,15,17,18). The van der Waals surface area contributed by atoms with E-state index >= 15 is 0 Å². The number of nitrogens with two attached hydrogens (primary N) is 2. The predicted octanol–water partition coefficient (Wildman–Crippen LogP) is 1.72. The fraction of sp³-hybridized carbons (Fsp3) is 0.100. The van der Waals surface area contributed by atoms with Crippen molar-refractivity contribution in [3.63, 3.8) is 0 Å². The molecule has 0 aliphatic rings. The Kier molecular flexibility index (Phi) is 2.77. The fourth-order valence-corrected chi connectivity index (χ4v) is 1.37. The second-order valence-electron chi connectivity index (χ2n) is 3.46. The molecule has 0 atom stereocenters. The number of hydrogen-bond donors (Lipinski definition) is 2. The Morgan fingerprint density at radius 1 is 1.11 bits per heavy atom. The summed E-state index contributed by atoms with van der Waals surface area (Å²) >= 11 is 0. The molecule has 5 nitrogen and oxygen atoms in total. The molecule has 2 heterocycles. The van der Waals surface area contributed by atoms with Gasteiger partial charge in [0.25, 0.3) is 0 Å². The van der Waals surface area contributed by atoms with Gasteiger partial charge in [-0.05, 0) is 6.07 Å². The number of nitrogens with zero attached hydrogens (tertiary/aromatic N) is 3. The van der Waals surface area contributed by atoms with Gasteiger partial charge in [0.15, 0.2) is 0 Å². The van der Waals surface area contributed by atoms with Crippen molar-refractivity contribution in [1.82, 2.24) is 15.0 Å². The summed E-state index contributed by atoms with van der Waals surface area (Å²) in [4.78, 5) is 10.3. The zero-order valence-corrected chi connectivity index (χ0v) is 8.94. The maximum absolute atomic E-state index is 12.5. The lowest BCUT2D eigenvalue weighted by atomic mass is 10.1. The molecule has 0 spiro atoms. The maximum atomic E-state index is 12.5. The van der Waals surface area contributed by atoms with Gasteiger partial charge in [-0.3, -0.25) is 4.98 Å². The highest BCUT2D eigenvalue weighted by Crippen LogP contribution is 2.30. The monoisotopic (exact) mass is 255 g/mol. The van der Waals surface area contributed by atoms with Crippen molar-refractivity contribution in [2.45, 2.75) is 6.18 Å². The third-order valence-corrected chi connectivity index (χ3v) is 2.13. The van der Waals surface area contributed by atoms with Crippen LogP contribution < -0.4 is 11.5 Å². The van der Waals surface area contributed by atoms with Gasteiger partial charge in [-0.15, -0.1) is 0 Å². The van der Waals surface area contributed by atoms with E-state index in [1.165, 1.54) is 24.5 Å². The molecule has 0 aliphatic carbocycles. The first kappa shape index (κ1) is 12.1. The Balaban J connectivity index is 2.60. The average molecular weight is 255 g/mol. The summed E-state index contributed by atoms with van der Waals surface area (Å²) in [5.74, 6) is -1.57. The lowest BCUT2D eigenvalue weighted by Crippen LogP contribution is -2.13. The summed E-state index contributed by atoms with van der Waals surface area (Å²) in [6, 6.07) is 2.68. The van der Waals surface area contributed by atoms with E-state index in [1.54, 1.807) is 0 Å². The number of nitrogen functional groups attached to an aromatic ring is 2. The Morgan fingerprint density at radius 2 is 1.83 bits per heavy atom. The molecule has 2 rings (SSSR count). The molecular weight excluding hydrogens is 247 g/mol. The van der Waals surface area contributed by atoms with Gasteiger partial charge in [-0.1, -0.05) is 0 Å². The highest BCUT2D eigenvalue weighted by Gasteiger charge is 2.35. The molecule has 0 amide bonds. The molecular formula is C10H8F3N5. The Hall–Kier alpha value is -2.38. The Labute approximate surface area is 99.7 Å². The van der Waals surface area contributed by atoms with Crippen molar-refractivity contribution in [3.8, 4) is 11.3 Å². The van der Waals surface area contributed by atoms with Crippen LogP contribution in [0.3, 0.4) is 0 Å². The molecule has 0 aromatic carbocycles. The van der Waals surface area contributed by atoms with Gasteiger partial charge in [0.1, 0.15) is 5.82 Å². The van der Waals surface area contributed by atoms with Crippen LogP contribution in [0.25, 0.3) is 11.3 Å². The van der Waals surface area contributed by atoms with Gasteiger partial charge in [-0.25, -0.2) is 9.97 Å². The first-order valence-electron chi connectivity index (χ1n) is 4.79. The summed E-state index contributed by atoms with van der Waals surface area (Å²) in [7, 11) is 0.